The molecule has 0 aliphatic heterocycles. The summed E-state index contributed by atoms with van der Waals surface area (Å²) >= 11 is 3.38. The summed E-state index contributed by atoms with van der Waals surface area (Å²) in [7, 11) is 0. The second-order valence-corrected chi connectivity index (χ2v) is 6.55. The molecule has 0 atom stereocenters. The fraction of sp³-hybridized carbons (Fsp3) is 0.733. The Morgan fingerprint density at radius 2 is 1.95 bits per heavy atom. The molecule has 0 bridgehead atoms. The van der Waals surface area contributed by atoms with Crippen LogP contribution >= 0.6 is 15.9 Å². The monoisotopic (exact) mass is 358 g/mol. The van der Waals surface area contributed by atoms with E-state index in [1.165, 1.54) is 4.68 Å². The normalized spacial score (nSPS) is 11.7. The number of nitrogens with one attached hydrogen (secondary N) is 1. The highest BCUT2D eigenvalue weighted by Gasteiger charge is 2.13. The summed E-state index contributed by atoms with van der Waals surface area (Å²) in [5, 5.41) is 7.49. The van der Waals surface area contributed by atoms with Crippen molar-refractivity contribution in [2.45, 2.75) is 59.7 Å². The van der Waals surface area contributed by atoms with E-state index in [0.29, 0.717) is 23.1 Å². The van der Waals surface area contributed by atoms with Crippen molar-refractivity contribution < 1.29 is 0 Å². The average Bonchev–Trinajstić information content (AvgIpc) is 2.41. The molecule has 0 saturated carbocycles. The maximum atomic E-state index is 12.1. The van der Waals surface area contributed by atoms with Gasteiger partial charge in [-0.2, -0.15) is 5.10 Å². The van der Waals surface area contributed by atoms with Crippen LogP contribution in [-0.2, 0) is 6.54 Å². The molecule has 0 saturated heterocycles. The second-order valence-electron chi connectivity index (χ2n) is 5.75. The zero-order valence-corrected chi connectivity index (χ0v) is 15.3. The molecule has 21 heavy (non-hydrogen) atoms. The number of aromatic nitrogens is 2. The third-order valence-electron chi connectivity index (χ3n) is 3.43. The number of nitrogens with zero attached hydrogens (tertiary/aromatic N) is 3. The van der Waals surface area contributed by atoms with Gasteiger partial charge < -0.3 is 5.32 Å². The van der Waals surface area contributed by atoms with Crippen LogP contribution in [0.2, 0.25) is 0 Å². The van der Waals surface area contributed by atoms with E-state index in [9.17, 15) is 4.79 Å². The third-order valence-corrected chi connectivity index (χ3v) is 4.20. The minimum absolute atomic E-state index is 0.0774. The van der Waals surface area contributed by atoms with Gasteiger partial charge in [-0.1, -0.05) is 6.92 Å². The first kappa shape index (κ1) is 18.2. The van der Waals surface area contributed by atoms with Crippen molar-refractivity contribution in [2.24, 2.45) is 0 Å². The predicted molar refractivity (Wildman–Crippen MR) is 92.0 cm³/mol. The van der Waals surface area contributed by atoms with Crippen molar-refractivity contribution in [3.8, 4) is 0 Å². The van der Waals surface area contributed by atoms with Crippen molar-refractivity contribution >= 4 is 21.6 Å². The first-order chi connectivity index (χ1) is 9.88. The molecule has 1 heterocycles. The van der Waals surface area contributed by atoms with Gasteiger partial charge >= 0.3 is 0 Å². The predicted octanol–water partition coefficient (Wildman–Crippen LogP) is 2.95. The average molecular weight is 359 g/mol. The van der Waals surface area contributed by atoms with E-state index in [2.05, 4.69) is 58.9 Å². The van der Waals surface area contributed by atoms with Gasteiger partial charge in [0.25, 0.3) is 5.56 Å². The lowest BCUT2D eigenvalue weighted by molar-refractivity contribution is 0.182. The van der Waals surface area contributed by atoms with E-state index in [0.717, 1.165) is 25.2 Å². The Morgan fingerprint density at radius 1 is 1.33 bits per heavy atom. The molecule has 0 radical (unpaired) electrons. The molecule has 1 N–H and O–H groups in total. The van der Waals surface area contributed by atoms with Gasteiger partial charge in [0.1, 0.15) is 4.47 Å². The quantitative estimate of drug-likeness (QED) is 0.775. The third kappa shape index (κ3) is 5.11. The van der Waals surface area contributed by atoms with Crippen LogP contribution in [-0.4, -0.2) is 39.9 Å². The van der Waals surface area contributed by atoms with Crippen LogP contribution in [0.3, 0.4) is 0 Å². The van der Waals surface area contributed by atoms with Crippen LogP contribution in [0, 0.1) is 0 Å². The van der Waals surface area contributed by atoms with Gasteiger partial charge in [-0.15, -0.1) is 0 Å². The molecule has 0 amide bonds. The molecule has 5 nitrogen and oxygen atoms in total. The van der Waals surface area contributed by atoms with E-state index in [1.54, 1.807) is 6.20 Å². The summed E-state index contributed by atoms with van der Waals surface area (Å²) < 4.78 is 2.05. The summed E-state index contributed by atoms with van der Waals surface area (Å²) in [5.74, 6) is 0. The molecular weight excluding hydrogens is 332 g/mol. The van der Waals surface area contributed by atoms with Gasteiger partial charge in [0.15, 0.2) is 0 Å². The molecule has 0 aliphatic rings. The van der Waals surface area contributed by atoms with Gasteiger partial charge in [0.05, 0.1) is 11.9 Å². The fourth-order valence-corrected chi connectivity index (χ4v) is 2.84. The van der Waals surface area contributed by atoms with Crippen LogP contribution in [0.1, 0.15) is 41.0 Å². The molecule has 0 aliphatic carbocycles. The SMILES string of the molecule is CCCn1ncc(NCCN(C(C)C)C(C)C)c(Br)c1=O. The molecule has 1 rings (SSSR count). The molecular formula is C15H27BrN4O. The summed E-state index contributed by atoms with van der Waals surface area (Å²) in [6.07, 6.45) is 2.61. The number of hydrogen-bond acceptors (Lipinski definition) is 4. The van der Waals surface area contributed by atoms with Crippen LogP contribution in [0.15, 0.2) is 15.5 Å². The molecule has 0 aromatic carbocycles. The van der Waals surface area contributed by atoms with Gasteiger partial charge in [-0.05, 0) is 50.0 Å². The zero-order chi connectivity index (χ0) is 16.0. The highest BCUT2D eigenvalue weighted by molar-refractivity contribution is 9.10. The Labute approximate surface area is 135 Å². The van der Waals surface area contributed by atoms with Crippen LogP contribution in [0.5, 0.6) is 0 Å². The van der Waals surface area contributed by atoms with Crippen LogP contribution in [0.25, 0.3) is 0 Å². The largest absolute Gasteiger partial charge is 0.381 e. The Kier molecular flexibility index (Phi) is 7.39. The Morgan fingerprint density at radius 3 is 2.48 bits per heavy atom. The minimum Gasteiger partial charge on any atom is -0.381 e. The number of hydrogen-bond donors (Lipinski definition) is 1. The van der Waals surface area contributed by atoms with E-state index in [-0.39, 0.29) is 5.56 Å². The molecule has 6 heteroatoms. The summed E-state index contributed by atoms with van der Waals surface area (Å²) in [4.78, 5) is 14.5. The topological polar surface area (TPSA) is 50.2 Å². The highest BCUT2D eigenvalue weighted by atomic mass is 79.9. The minimum atomic E-state index is -0.0774. The smallest absolute Gasteiger partial charge is 0.283 e. The summed E-state index contributed by atoms with van der Waals surface area (Å²) in [6, 6.07) is 1.01. The lowest BCUT2D eigenvalue weighted by Crippen LogP contribution is -2.40. The molecule has 0 fully saturated rings. The van der Waals surface area contributed by atoms with Crippen LogP contribution < -0.4 is 10.9 Å². The highest BCUT2D eigenvalue weighted by Crippen LogP contribution is 2.16. The van der Waals surface area contributed by atoms with E-state index in [1.807, 2.05) is 6.92 Å². The van der Waals surface area contributed by atoms with Gasteiger partial charge in [-0.3, -0.25) is 9.69 Å². The summed E-state index contributed by atoms with van der Waals surface area (Å²) in [5.41, 5.74) is 0.686. The Bertz CT molecular complexity index is 491. The van der Waals surface area contributed by atoms with E-state index in [4.69, 9.17) is 0 Å². The van der Waals surface area contributed by atoms with Crippen molar-refractivity contribution in [1.82, 2.24) is 14.7 Å². The number of anilines is 1. The fourth-order valence-electron chi connectivity index (χ4n) is 2.39. The molecule has 0 unspecified atom stereocenters. The van der Waals surface area contributed by atoms with Gasteiger partial charge in [0, 0.05) is 31.7 Å². The standard InChI is InChI=1S/C15H27BrN4O/c1-6-8-20-15(21)14(16)13(10-18-20)17-7-9-19(11(2)3)12(4)5/h10-12,17H,6-9H2,1-5H3. The summed E-state index contributed by atoms with van der Waals surface area (Å²) in [6.45, 7) is 13.2. The van der Waals surface area contributed by atoms with Crippen molar-refractivity contribution in [3.05, 3.63) is 21.0 Å². The second kappa shape index (κ2) is 8.54. The van der Waals surface area contributed by atoms with E-state index < -0.39 is 0 Å². The maximum Gasteiger partial charge on any atom is 0.283 e. The van der Waals surface area contributed by atoms with Gasteiger partial charge in [0.2, 0.25) is 0 Å². The molecule has 1 aromatic rings. The number of aryl methyl sites for hydroxylation is 1. The first-order valence-corrected chi connectivity index (χ1v) is 8.43. The van der Waals surface area contributed by atoms with Crippen molar-refractivity contribution in [1.29, 1.82) is 0 Å². The first-order valence-electron chi connectivity index (χ1n) is 7.63. The molecule has 0 spiro atoms. The van der Waals surface area contributed by atoms with Gasteiger partial charge in [-0.25, -0.2) is 4.68 Å². The maximum absolute atomic E-state index is 12.1. The lowest BCUT2D eigenvalue weighted by atomic mass is 10.2. The van der Waals surface area contributed by atoms with Crippen LogP contribution in [0.4, 0.5) is 5.69 Å². The molecule has 1 aromatic heterocycles. The Balaban J connectivity index is 2.68. The lowest BCUT2D eigenvalue weighted by Gasteiger charge is -2.30. The van der Waals surface area contributed by atoms with Crippen molar-refractivity contribution in [2.75, 3.05) is 18.4 Å². The molecule has 120 valence electrons. The van der Waals surface area contributed by atoms with E-state index >= 15 is 0 Å². The number of halogens is 1. The zero-order valence-electron chi connectivity index (χ0n) is 13.7. The van der Waals surface area contributed by atoms with Crippen molar-refractivity contribution in [3.63, 3.8) is 0 Å². The Hall–Kier alpha value is -0.880. The number of rotatable bonds is 8.